The third kappa shape index (κ3) is 0.992. The molecule has 3 N–H and O–H groups in total. The second kappa shape index (κ2) is 2.79. The minimum atomic E-state index is 0.132. The number of nitrogens with two attached hydrogens (primary N) is 1. The lowest BCUT2D eigenvalue weighted by Crippen LogP contribution is -2.23. The van der Waals surface area contributed by atoms with Crippen LogP contribution in [0.2, 0.25) is 0 Å². The molecular formula is C8H13N3O. The fourth-order valence-electron chi connectivity index (χ4n) is 1.77. The zero-order valence-electron chi connectivity index (χ0n) is 6.97. The molecule has 2 rings (SSSR count). The first-order valence-electron chi connectivity index (χ1n) is 4.33. The smallest absolute Gasteiger partial charge is 0.269 e. The van der Waals surface area contributed by atoms with E-state index in [-0.39, 0.29) is 5.56 Å². The predicted octanol–water partition coefficient (Wildman–Crippen LogP) is -0.376. The van der Waals surface area contributed by atoms with Crippen LogP contribution >= 0.6 is 0 Å². The van der Waals surface area contributed by atoms with E-state index < -0.39 is 0 Å². The van der Waals surface area contributed by atoms with Gasteiger partial charge in [-0.05, 0) is 19.3 Å². The van der Waals surface area contributed by atoms with Crippen LogP contribution in [0.4, 0.5) is 0 Å². The van der Waals surface area contributed by atoms with Gasteiger partial charge in [0.15, 0.2) is 0 Å². The van der Waals surface area contributed by atoms with Crippen LogP contribution in [0, 0.1) is 0 Å². The Morgan fingerprint density at radius 2 is 2.33 bits per heavy atom. The number of nitrogens with zero attached hydrogens (tertiary/aromatic N) is 1. The van der Waals surface area contributed by atoms with E-state index in [1.165, 1.54) is 0 Å². The second-order valence-electron chi connectivity index (χ2n) is 3.17. The zero-order chi connectivity index (χ0) is 8.55. The zero-order valence-corrected chi connectivity index (χ0v) is 6.97. The summed E-state index contributed by atoms with van der Waals surface area (Å²) in [5.41, 5.74) is 7.60. The van der Waals surface area contributed by atoms with Gasteiger partial charge in [0.05, 0.1) is 6.54 Å². The van der Waals surface area contributed by atoms with Gasteiger partial charge in [-0.3, -0.25) is 14.6 Å². The van der Waals surface area contributed by atoms with E-state index in [0.29, 0.717) is 13.1 Å². The third-order valence-corrected chi connectivity index (χ3v) is 2.34. The Balaban J connectivity index is 2.41. The fourth-order valence-corrected chi connectivity index (χ4v) is 1.77. The highest BCUT2D eigenvalue weighted by molar-refractivity contribution is 5.22. The van der Waals surface area contributed by atoms with E-state index in [0.717, 1.165) is 30.5 Å². The minimum Gasteiger partial charge on any atom is -0.329 e. The molecule has 0 spiro atoms. The highest BCUT2D eigenvalue weighted by Crippen LogP contribution is 2.15. The lowest BCUT2D eigenvalue weighted by molar-refractivity contribution is 0.591. The highest BCUT2D eigenvalue weighted by atomic mass is 16.1. The lowest BCUT2D eigenvalue weighted by atomic mass is 10.3. The second-order valence-corrected chi connectivity index (χ2v) is 3.17. The molecule has 0 bridgehead atoms. The predicted molar refractivity (Wildman–Crippen MR) is 46.1 cm³/mol. The van der Waals surface area contributed by atoms with Crippen molar-refractivity contribution in [1.29, 1.82) is 0 Å². The minimum absolute atomic E-state index is 0.132. The van der Waals surface area contributed by atoms with E-state index >= 15 is 0 Å². The van der Waals surface area contributed by atoms with Crippen LogP contribution < -0.4 is 11.3 Å². The van der Waals surface area contributed by atoms with Crippen molar-refractivity contribution in [3.8, 4) is 0 Å². The molecule has 0 atom stereocenters. The number of hydrogen-bond acceptors (Lipinski definition) is 2. The van der Waals surface area contributed by atoms with E-state index in [1.807, 2.05) is 0 Å². The molecule has 4 heteroatoms. The van der Waals surface area contributed by atoms with E-state index in [2.05, 4.69) is 5.10 Å². The number of hydrogen-bond donors (Lipinski definition) is 2. The first-order chi connectivity index (χ1) is 5.83. The fraction of sp³-hybridized carbons (Fsp3) is 0.625. The monoisotopic (exact) mass is 167 g/mol. The number of H-pyrrole nitrogens is 1. The quantitative estimate of drug-likeness (QED) is 0.631. The number of nitrogens with one attached hydrogen (secondary N) is 1. The topological polar surface area (TPSA) is 63.8 Å². The van der Waals surface area contributed by atoms with Crippen molar-refractivity contribution in [3.05, 3.63) is 21.6 Å². The Labute approximate surface area is 70.4 Å². The summed E-state index contributed by atoms with van der Waals surface area (Å²) in [7, 11) is 0. The molecule has 0 saturated heterocycles. The maximum atomic E-state index is 11.5. The molecule has 0 amide bonds. The average Bonchev–Trinajstić information content (AvgIpc) is 2.58. The largest absolute Gasteiger partial charge is 0.329 e. The molecule has 1 aromatic rings. The number of fused-ring (bicyclic) bond motifs is 1. The molecule has 1 aliphatic carbocycles. The molecule has 0 fully saturated rings. The van der Waals surface area contributed by atoms with Crippen molar-refractivity contribution in [3.63, 3.8) is 0 Å². The number of aromatic amines is 1. The van der Waals surface area contributed by atoms with Crippen molar-refractivity contribution in [2.45, 2.75) is 25.8 Å². The van der Waals surface area contributed by atoms with Crippen LogP contribution in [-0.4, -0.2) is 16.3 Å². The normalized spacial score (nSPS) is 15.1. The van der Waals surface area contributed by atoms with Crippen LogP contribution in [0.5, 0.6) is 0 Å². The van der Waals surface area contributed by atoms with Crippen LogP contribution in [0.15, 0.2) is 4.79 Å². The summed E-state index contributed by atoms with van der Waals surface area (Å²) in [5, 5.41) is 3.09. The number of aromatic nitrogens is 2. The number of aryl methyl sites for hydroxylation is 1. The summed E-state index contributed by atoms with van der Waals surface area (Å²) in [5.74, 6) is 0. The van der Waals surface area contributed by atoms with Crippen LogP contribution in [0.3, 0.4) is 0 Å². The summed E-state index contributed by atoms with van der Waals surface area (Å²) in [6, 6.07) is 0. The summed E-state index contributed by atoms with van der Waals surface area (Å²) in [4.78, 5) is 11.5. The molecule has 0 saturated carbocycles. The van der Waals surface area contributed by atoms with Gasteiger partial charge in [0, 0.05) is 17.8 Å². The molecule has 0 aromatic carbocycles. The highest BCUT2D eigenvalue weighted by Gasteiger charge is 2.18. The molecule has 1 heterocycles. The summed E-state index contributed by atoms with van der Waals surface area (Å²) in [6.07, 6.45) is 3.06. The first kappa shape index (κ1) is 7.61. The van der Waals surface area contributed by atoms with Gasteiger partial charge in [-0.2, -0.15) is 0 Å². The van der Waals surface area contributed by atoms with Gasteiger partial charge < -0.3 is 5.73 Å². The van der Waals surface area contributed by atoms with Gasteiger partial charge in [0.25, 0.3) is 5.56 Å². The standard InChI is InChI=1S/C8H13N3O/c9-4-5-11-8(12)6-2-1-3-7(6)10-11/h10H,1-5,9H2. The Bertz CT molecular complexity index is 337. The first-order valence-corrected chi connectivity index (χ1v) is 4.33. The third-order valence-electron chi connectivity index (χ3n) is 2.34. The average molecular weight is 167 g/mol. The van der Waals surface area contributed by atoms with Gasteiger partial charge in [-0.15, -0.1) is 0 Å². The Morgan fingerprint density at radius 1 is 1.50 bits per heavy atom. The van der Waals surface area contributed by atoms with Crippen molar-refractivity contribution < 1.29 is 0 Å². The summed E-state index contributed by atoms with van der Waals surface area (Å²) >= 11 is 0. The Morgan fingerprint density at radius 3 is 3.00 bits per heavy atom. The van der Waals surface area contributed by atoms with Gasteiger partial charge in [0.2, 0.25) is 0 Å². The van der Waals surface area contributed by atoms with E-state index in [1.54, 1.807) is 4.68 Å². The Hall–Kier alpha value is -1.03. The summed E-state index contributed by atoms with van der Waals surface area (Å²) in [6.45, 7) is 1.12. The van der Waals surface area contributed by atoms with Crippen molar-refractivity contribution in [1.82, 2.24) is 9.78 Å². The van der Waals surface area contributed by atoms with Crippen molar-refractivity contribution >= 4 is 0 Å². The van der Waals surface area contributed by atoms with Gasteiger partial charge >= 0.3 is 0 Å². The van der Waals surface area contributed by atoms with Crippen LogP contribution in [0.25, 0.3) is 0 Å². The molecule has 66 valence electrons. The SMILES string of the molecule is NCCn1[nH]c2c(c1=O)CCC2. The van der Waals surface area contributed by atoms with Gasteiger partial charge in [0.1, 0.15) is 0 Å². The molecule has 4 nitrogen and oxygen atoms in total. The molecule has 1 aromatic heterocycles. The molecule has 1 aliphatic rings. The van der Waals surface area contributed by atoms with Gasteiger partial charge in [-0.1, -0.05) is 0 Å². The Kier molecular flexibility index (Phi) is 1.77. The van der Waals surface area contributed by atoms with Crippen LogP contribution in [-0.2, 0) is 19.4 Å². The number of rotatable bonds is 2. The molecule has 0 radical (unpaired) electrons. The van der Waals surface area contributed by atoms with Crippen molar-refractivity contribution in [2.75, 3.05) is 6.54 Å². The van der Waals surface area contributed by atoms with Gasteiger partial charge in [-0.25, -0.2) is 0 Å². The van der Waals surface area contributed by atoms with E-state index in [9.17, 15) is 4.79 Å². The molecule has 0 aliphatic heterocycles. The lowest BCUT2D eigenvalue weighted by Gasteiger charge is -1.97. The van der Waals surface area contributed by atoms with Crippen molar-refractivity contribution in [2.24, 2.45) is 5.73 Å². The maximum absolute atomic E-state index is 11.5. The summed E-state index contributed by atoms with van der Waals surface area (Å²) < 4.78 is 1.61. The molecular weight excluding hydrogens is 154 g/mol. The van der Waals surface area contributed by atoms with Crippen LogP contribution in [0.1, 0.15) is 17.7 Å². The molecule has 12 heavy (non-hydrogen) atoms. The molecule has 0 unspecified atom stereocenters. The maximum Gasteiger partial charge on any atom is 0.269 e. The van der Waals surface area contributed by atoms with E-state index in [4.69, 9.17) is 5.73 Å².